The Bertz CT molecular complexity index is 543. The van der Waals surface area contributed by atoms with E-state index in [4.69, 9.17) is 10.2 Å². The van der Waals surface area contributed by atoms with Gasteiger partial charge in [-0.25, -0.2) is 9.59 Å². The molecule has 0 radical (unpaired) electrons. The third kappa shape index (κ3) is 5.80. The van der Waals surface area contributed by atoms with E-state index in [2.05, 4.69) is 16.0 Å². The summed E-state index contributed by atoms with van der Waals surface area (Å²) in [6.45, 7) is 0. The molecule has 2 fully saturated rings. The van der Waals surface area contributed by atoms with Crippen LogP contribution in [-0.2, 0) is 14.4 Å². The summed E-state index contributed by atoms with van der Waals surface area (Å²) in [5.74, 6) is -1.82. The van der Waals surface area contributed by atoms with Gasteiger partial charge in [0.15, 0.2) is 0 Å². The van der Waals surface area contributed by atoms with E-state index in [9.17, 15) is 19.2 Å². The molecule has 2 saturated heterocycles. The van der Waals surface area contributed by atoms with E-state index in [1.54, 1.807) is 0 Å². The van der Waals surface area contributed by atoms with Crippen molar-refractivity contribution in [3.05, 3.63) is 0 Å². The molecule has 9 nitrogen and oxygen atoms in total. The van der Waals surface area contributed by atoms with Crippen molar-refractivity contribution in [1.29, 1.82) is 0 Å². The highest BCUT2D eigenvalue weighted by Crippen LogP contribution is 2.33. The fourth-order valence-electron chi connectivity index (χ4n) is 3.07. The zero-order valence-corrected chi connectivity index (χ0v) is 14.5. The molecular formula is C15H23N3O6S. The first-order valence-electron chi connectivity index (χ1n) is 8.29. The Labute approximate surface area is 149 Å². The first-order valence-corrected chi connectivity index (χ1v) is 9.34. The summed E-state index contributed by atoms with van der Waals surface area (Å²) in [5.41, 5.74) is 0. The maximum atomic E-state index is 11.8. The maximum Gasteiger partial charge on any atom is 0.326 e. The Kier molecular flexibility index (Phi) is 6.91. The monoisotopic (exact) mass is 373 g/mol. The fourth-order valence-corrected chi connectivity index (χ4v) is 4.61. The minimum absolute atomic E-state index is 0.124. The van der Waals surface area contributed by atoms with Crippen LogP contribution in [0.15, 0.2) is 0 Å². The van der Waals surface area contributed by atoms with Crippen molar-refractivity contribution in [3.8, 4) is 0 Å². The zero-order valence-electron chi connectivity index (χ0n) is 13.7. The summed E-state index contributed by atoms with van der Waals surface area (Å²) < 4.78 is 0. The van der Waals surface area contributed by atoms with E-state index in [1.165, 1.54) is 0 Å². The second-order valence-electron chi connectivity index (χ2n) is 6.26. The van der Waals surface area contributed by atoms with Crippen molar-refractivity contribution < 1.29 is 29.4 Å². The lowest BCUT2D eigenvalue weighted by Gasteiger charge is -2.17. The number of carbonyl (C=O) groups excluding carboxylic acids is 2. The van der Waals surface area contributed by atoms with E-state index in [0.29, 0.717) is 11.7 Å². The van der Waals surface area contributed by atoms with Crippen molar-refractivity contribution in [3.63, 3.8) is 0 Å². The van der Waals surface area contributed by atoms with E-state index < -0.39 is 18.0 Å². The smallest absolute Gasteiger partial charge is 0.326 e. The zero-order chi connectivity index (χ0) is 18.4. The van der Waals surface area contributed by atoms with E-state index >= 15 is 0 Å². The van der Waals surface area contributed by atoms with Gasteiger partial charge < -0.3 is 26.2 Å². The van der Waals surface area contributed by atoms with Gasteiger partial charge in [-0.1, -0.05) is 6.42 Å². The summed E-state index contributed by atoms with van der Waals surface area (Å²) in [4.78, 5) is 44.7. The molecule has 25 heavy (non-hydrogen) atoms. The summed E-state index contributed by atoms with van der Waals surface area (Å²) in [6.07, 6.45) is 2.06. The molecule has 0 saturated carbocycles. The number of carboxylic acids is 2. The molecule has 10 heteroatoms. The van der Waals surface area contributed by atoms with Gasteiger partial charge in [-0.05, 0) is 19.3 Å². The van der Waals surface area contributed by atoms with Gasteiger partial charge in [-0.3, -0.25) is 9.59 Å². The molecular weight excluding hydrogens is 350 g/mol. The van der Waals surface area contributed by atoms with Crippen LogP contribution in [0.5, 0.6) is 0 Å². The highest BCUT2D eigenvalue weighted by Gasteiger charge is 2.42. The molecule has 0 unspecified atom stereocenters. The number of carbonyl (C=O) groups is 4. The lowest BCUT2D eigenvalue weighted by atomic mass is 10.0. The summed E-state index contributed by atoms with van der Waals surface area (Å²) >= 11 is 1.81. The van der Waals surface area contributed by atoms with Crippen LogP contribution in [0.1, 0.15) is 38.5 Å². The number of rotatable bonds is 10. The van der Waals surface area contributed by atoms with Crippen LogP contribution in [0.25, 0.3) is 0 Å². The predicted octanol–water partition coefficient (Wildman–Crippen LogP) is 0.146. The summed E-state index contributed by atoms with van der Waals surface area (Å²) in [6, 6.07) is -0.981. The Balaban J connectivity index is 1.63. The van der Waals surface area contributed by atoms with Crippen LogP contribution in [0.2, 0.25) is 0 Å². The topological polar surface area (TPSA) is 145 Å². The Morgan fingerprint density at radius 2 is 1.96 bits per heavy atom. The van der Waals surface area contributed by atoms with Gasteiger partial charge in [-0.2, -0.15) is 11.8 Å². The molecule has 140 valence electrons. The number of hydrogen-bond donors (Lipinski definition) is 5. The molecule has 2 rings (SSSR count). The predicted molar refractivity (Wildman–Crippen MR) is 90.4 cm³/mol. The number of amides is 3. The molecule has 0 aliphatic carbocycles. The van der Waals surface area contributed by atoms with E-state index in [0.717, 1.165) is 18.6 Å². The number of fused-ring (bicyclic) bond motifs is 1. The molecule has 2 heterocycles. The molecule has 2 aliphatic rings. The lowest BCUT2D eigenvalue weighted by Crippen LogP contribution is -2.41. The third-order valence-corrected chi connectivity index (χ3v) is 5.87. The number of urea groups is 1. The van der Waals surface area contributed by atoms with Crippen LogP contribution in [-0.4, -0.2) is 63.2 Å². The molecule has 4 atom stereocenters. The van der Waals surface area contributed by atoms with E-state index in [-0.39, 0.29) is 43.3 Å². The van der Waals surface area contributed by atoms with E-state index in [1.807, 2.05) is 11.8 Å². The van der Waals surface area contributed by atoms with Gasteiger partial charge >= 0.3 is 18.0 Å². The minimum atomic E-state index is -1.23. The van der Waals surface area contributed by atoms with Gasteiger partial charge in [0, 0.05) is 23.8 Å². The first kappa shape index (κ1) is 19.4. The lowest BCUT2D eigenvalue weighted by molar-refractivity contribution is -0.143. The largest absolute Gasteiger partial charge is 0.481 e. The van der Waals surface area contributed by atoms with Crippen LogP contribution in [0.4, 0.5) is 4.79 Å². The standard InChI is InChI=1S/C15H23N3O6S/c19-11(16-8(14(22)23)5-6-12(20)21)4-2-1-3-10-13-9(7-25-10)17-15(24)18-13/h8-10,13H,1-7H2,(H,16,19)(H,20,21)(H,22,23)(H2,17,18,24)/t8-,9+,10+,13+/m1/s1. The highest BCUT2D eigenvalue weighted by molar-refractivity contribution is 8.00. The van der Waals surface area contributed by atoms with Crippen LogP contribution in [0.3, 0.4) is 0 Å². The van der Waals surface area contributed by atoms with Crippen molar-refractivity contribution in [1.82, 2.24) is 16.0 Å². The average Bonchev–Trinajstić information content (AvgIpc) is 3.07. The number of nitrogens with one attached hydrogen (secondary N) is 3. The quantitative estimate of drug-likeness (QED) is 0.271. The third-order valence-electron chi connectivity index (χ3n) is 4.36. The molecule has 0 aromatic carbocycles. The second kappa shape index (κ2) is 8.93. The van der Waals surface area contributed by atoms with Crippen molar-refractivity contribution in [2.45, 2.75) is 61.9 Å². The molecule has 3 amide bonds. The number of hydrogen-bond acceptors (Lipinski definition) is 5. The number of carboxylic acid groups (broad SMARTS) is 2. The number of thioether (sulfide) groups is 1. The second-order valence-corrected chi connectivity index (χ2v) is 7.53. The SMILES string of the molecule is O=C(O)CC[C@@H](NC(=O)CCCC[C@@H]1SC[C@@H]2NC(=O)N[C@@H]21)C(=O)O. The van der Waals surface area contributed by atoms with Gasteiger partial charge in [0.2, 0.25) is 5.91 Å². The van der Waals surface area contributed by atoms with Crippen molar-refractivity contribution in [2.75, 3.05) is 5.75 Å². The van der Waals surface area contributed by atoms with Crippen LogP contribution in [0, 0.1) is 0 Å². The average molecular weight is 373 g/mol. The molecule has 5 N–H and O–H groups in total. The Morgan fingerprint density at radius 3 is 2.64 bits per heavy atom. The fraction of sp³-hybridized carbons (Fsp3) is 0.733. The summed E-state index contributed by atoms with van der Waals surface area (Å²) in [5, 5.41) is 26.1. The van der Waals surface area contributed by atoms with Crippen LogP contribution >= 0.6 is 11.8 Å². The Hall–Kier alpha value is -1.97. The molecule has 0 aromatic rings. The van der Waals surface area contributed by atoms with Gasteiger partial charge in [0.25, 0.3) is 0 Å². The van der Waals surface area contributed by atoms with Crippen LogP contribution < -0.4 is 16.0 Å². The maximum absolute atomic E-state index is 11.8. The molecule has 0 bridgehead atoms. The Morgan fingerprint density at radius 1 is 1.20 bits per heavy atom. The number of aliphatic carboxylic acids is 2. The van der Waals surface area contributed by atoms with Gasteiger partial charge in [0.1, 0.15) is 6.04 Å². The van der Waals surface area contributed by atoms with Crippen molar-refractivity contribution >= 4 is 35.6 Å². The minimum Gasteiger partial charge on any atom is -0.481 e. The number of unbranched alkanes of at least 4 members (excludes halogenated alkanes) is 1. The first-order chi connectivity index (χ1) is 11.9. The molecule has 2 aliphatic heterocycles. The normalized spacial score (nSPS) is 25.6. The summed E-state index contributed by atoms with van der Waals surface area (Å²) in [7, 11) is 0. The molecule has 0 aromatic heterocycles. The van der Waals surface area contributed by atoms with Gasteiger partial charge in [-0.15, -0.1) is 0 Å². The van der Waals surface area contributed by atoms with Crippen molar-refractivity contribution in [2.24, 2.45) is 0 Å². The van der Waals surface area contributed by atoms with Gasteiger partial charge in [0.05, 0.1) is 12.1 Å². The molecule has 0 spiro atoms. The highest BCUT2D eigenvalue weighted by atomic mass is 32.2.